The second kappa shape index (κ2) is 7.70. The quantitative estimate of drug-likeness (QED) is 0.431. The summed E-state index contributed by atoms with van der Waals surface area (Å²) in [5.41, 5.74) is -2.94. The van der Waals surface area contributed by atoms with Crippen molar-refractivity contribution >= 4 is 23.2 Å². The molecule has 0 aliphatic heterocycles. The van der Waals surface area contributed by atoms with Crippen molar-refractivity contribution in [2.24, 2.45) is 0 Å². The van der Waals surface area contributed by atoms with Crippen molar-refractivity contribution < 1.29 is 14.9 Å². The number of ether oxygens (including phenoxy) is 1. The first-order valence-corrected chi connectivity index (χ1v) is 9.77. The molecule has 12 nitrogen and oxygen atoms in total. The molecule has 14 heteroatoms. The zero-order valence-electron chi connectivity index (χ0n) is 16.1. The first-order valence-electron chi connectivity index (χ1n) is 9.02. The maximum atomic E-state index is 12.2. The van der Waals surface area contributed by atoms with Gasteiger partial charge < -0.3 is 14.9 Å². The molecule has 3 aromatic rings. The lowest BCUT2D eigenvalue weighted by Crippen LogP contribution is -2.33. The van der Waals surface area contributed by atoms with Gasteiger partial charge in [0, 0.05) is 11.1 Å². The van der Waals surface area contributed by atoms with E-state index in [1.807, 2.05) is 11.9 Å². The summed E-state index contributed by atoms with van der Waals surface area (Å²) in [6, 6.07) is 1.47. The number of nitrogens with one attached hydrogen (secondary N) is 2. The molecule has 0 spiro atoms. The van der Waals surface area contributed by atoms with Crippen LogP contribution in [-0.2, 0) is 6.42 Å². The molecule has 0 fully saturated rings. The lowest BCUT2D eigenvalue weighted by molar-refractivity contribution is 0.415. The first kappa shape index (κ1) is 21.4. The van der Waals surface area contributed by atoms with E-state index in [2.05, 4.69) is 15.3 Å². The molecule has 164 valence electrons. The summed E-state index contributed by atoms with van der Waals surface area (Å²) < 4.78 is 6.01. The van der Waals surface area contributed by atoms with Crippen molar-refractivity contribution in [1.82, 2.24) is 25.0 Å². The molecule has 0 amide bonds. The Morgan fingerprint density at radius 2 is 1.84 bits per heavy atom. The number of aromatic nitrogens is 5. The number of hydrogen-bond donors (Lipinski definition) is 4. The van der Waals surface area contributed by atoms with Gasteiger partial charge in [-0.2, -0.15) is 9.94 Å². The Bertz CT molecular complexity index is 1470. The minimum atomic E-state index is -1.17. The molecule has 1 aromatic carbocycles. The number of nitrogens with zero attached hydrogens (tertiary/aromatic N) is 4. The summed E-state index contributed by atoms with van der Waals surface area (Å²) >= 11 is 12.4. The fourth-order valence-corrected chi connectivity index (χ4v) is 3.97. The molecule has 2 heterocycles. The predicted octanol–water partition coefficient (Wildman–Crippen LogP) is 1.44. The number of hydrogen-bond acceptors (Lipinski definition) is 9. The third kappa shape index (κ3) is 3.19. The summed E-state index contributed by atoms with van der Waals surface area (Å²) in [4.78, 5) is 37.6. The van der Waals surface area contributed by atoms with Crippen LogP contribution in [-0.4, -0.2) is 35.2 Å². The number of phenolic OH excluding ortho intramolecular Hbond substituents is 2. The molecule has 1 aliphatic carbocycles. The van der Waals surface area contributed by atoms with Gasteiger partial charge in [0.25, 0.3) is 11.1 Å². The highest BCUT2D eigenvalue weighted by Crippen LogP contribution is 2.51. The van der Waals surface area contributed by atoms with E-state index in [1.54, 1.807) is 0 Å². The monoisotopic (exact) mass is 478 g/mol. The highest BCUT2D eigenvalue weighted by molar-refractivity contribution is 6.39. The van der Waals surface area contributed by atoms with Crippen LogP contribution in [0.4, 0.5) is 0 Å². The van der Waals surface area contributed by atoms with Crippen LogP contribution in [0.15, 0.2) is 14.4 Å². The van der Waals surface area contributed by atoms with Gasteiger partial charge in [0.1, 0.15) is 16.1 Å². The maximum Gasteiger partial charge on any atom is 0.349 e. The van der Waals surface area contributed by atoms with Crippen LogP contribution < -0.4 is 21.5 Å². The van der Waals surface area contributed by atoms with E-state index >= 15 is 0 Å². The molecule has 1 unspecified atom stereocenters. The molecule has 1 aliphatic rings. The molecule has 0 saturated carbocycles. The SMILES string of the molecule is CC1CCc2c(Oc3c(Cl)c(O)c(-n4nc(C#N)c(=O)[nH]c4=O)c(O)c3Cl)n[nH]c(=O)c21. The topological polar surface area (TPSA) is 187 Å². The lowest BCUT2D eigenvalue weighted by atomic mass is 10.1. The van der Waals surface area contributed by atoms with Crippen molar-refractivity contribution in [2.45, 2.75) is 25.7 Å². The van der Waals surface area contributed by atoms with E-state index in [0.29, 0.717) is 28.7 Å². The van der Waals surface area contributed by atoms with Crippen LogP contribution in [0.3, 0.4) is 0 Å². The summed E-state index contributed by atoms with van der Waals surface area (Å²) in [7, 11) is 0. The molecule has 0 saturated heterocycles. The molecular formula is C18H12Cl2N6O6. The fraction of sp³-hybridized carbons (Fsp3) is 0.222. The van der Waals surface area contributed by atoms with Gasteiger partial charge in [-0.05, 0) is 18.8 Å². The third-order valence-electron chi connectivity index (χ3n) is 5.01. The van der Waals surface area contributed by atoms with Gasteiger partial charge in [-0.1, -0.05) is 30.1 Å². The van der Waals surface area contributed by atoms with E-state index in [-0.39, 0.29) is 17.4 Å². The average molecular weight is 479 g/mol. The van der Waals surface area contributed by atoms with Gasteiger partial charge in [-0.3, -0.25) is 14.6 Å². The predicted molar refractivity (Wildman–Crippen MR) is 110 cm³/mol. The Kier molecular flexibility index (Phi) is 5.15. The number of aromatic hydroxyl groups is 2. The number of fused-ring (bicyclic) bond motifs is 1. The van der Waals surface area contributed by atoms with E-state index < -0.39 is 49.9 Å². The number of aromatic amines is 2. The van der Waals surface area contributed by atoms with Gasteiger partial charge in [0.05, 0.1) is 0 Å². The number of nitriles is 1. The van der Waals surface area contributed by atoms with Crippen molar-refractivity contribution in [3.8, 4) is 34.9 Å². The largest absolute Gasteiger partial charge is 0.504 e. The lowest BCUT2D eigenvalue weighted by Gasteiger charge is -2.16. The number of H-pyrrole nitrogens is 2. The molecule has 4 rings (SSSR count). The molecular weight excluding hydrogens is 467 g/mol. The van der Waals surface area contributed by atoms with Crippen LogP contribution >= 0.6 is 23.2 Å². The van der Waals surface area contributed by atoms with E-state index in [0.717, 1.165) is 0 Å². The molecule has 32 heavy (non-hydrogen) atoms. The van der Waals surface area contributed by atoms with Crippen LogP contribution in [0.2, 0.25) is 10.0 Å². The van der Waals surface area contributed by atoms with E-state index in [9.17, 15) is 24.6 Å². The highest BCUT2D eigenvalue weighted by atomic mass is 35.5. The van der Waals surface area contributed by atoms with Crippen LogP contribution in [0.5, 0.6) is 23.1 Å². The Balaban J connectivity index is 1.90. The van der Waals surface area contributed by atoms with Gasteiger partial charge >= 0.3 is 5.69 Å². The van der Waals surface area contributed by atoms with Crippen molar-refractivity contribution in [2.75, 3.05) is 0 Å². The van der Waals surface area contributed by atoms with Gasteiger partial charge in [0.2, 0.25) is 11.6 Å². The zero-order valence-corrected chi connectivity index (χ0v) is 17.6. The van der Waals surface area contributed by atoms with Crippen LogP contribution in [0, 0.1) is 11.3 Å². The standard InChI is InChI=1S/C18H12Cl2N6O6/c1-5-2-3-6-8(5)16(30)23-24-17(6)32-14-9(19)12(27)11(13(28)10(14)20)26-18(31)22-15(29)7(4-21)25-26/h5,27-28H,2-3H2,1H3,(H,23,30)(H,22,29,31). The number of halogens is 2. The number of phenols is 2. The molecule has 1 atom stereocenters. The maximum absolute atomic E-state index is 12.2. The van der Waals surface area contributed by atoms with E-state index in [4.69, 9.17) is 33.2 Å². The van der Waals surface area contributed by atoms with Crippen molar-refractivity contribution in [1.29, 1.82) is 5.26 Å². The molecule has 2 aromatic heterocycles. The summed E-state index contributed by atoms with van der Waals surface area (Å²) in [5, 5.41) is 38.8. The summed E-state index contributed by atoms with van der Waals surface area (Å²) in [5.74, 6) is -2.19. The Hall–Kier alpha value is -3.82. The van der Waals surface area contributed by atoms with E-state index in [1.165, 1.54) is 6.07 Å². The molecule has 0 radical (unpaired) electrons. The van der Waals surface area contributed by atoms with Crippen molar-refractivity contribution in [3.63, 3.8) is 0 Å². The minimum absolute atomic E-state index is 0.0228. The van der Waals surface area contributed by atoms with Crippen LogP contribution in [0.1, 0.15) is 36.1 Å². The Morgan fingerprint density at radius 1 is 1.19 bits per heavy atom. The first-order chi connectivity index (χ1) is 15.1. The van der Waals surface area contributed by atoms with Crippen molar-refractivity contribution in [3.05, 3.63) is 58.1 Å². The van der Waals surface area contributed by atoms with Gasteiger partial charge in [0.15, 0.2) is 22.9 Å². The van der Waals surface area contributed by atoms with Gasteiger partial charge in [-0.25, -0.2) is 9.89 Å². The molecule has 0 bridgehead atoms. The number of benzene rings is 1. The summed E-state index contributed by atoms with van der Waals surface area (Å²) in [6.45, 7) is 1.88. The van der Waals surface area contributed by atoms with Gasteiger partial charge in [-0.15, -0.1) is 10.2 Å². The third-order valence-corrected chi connectivity index (χ3v) is 5.72. The zero-order chi connectivity index (χ0) is 23.3. The average Bonchev–Trinajstić information content (AvgIpc) is 3.15. The summed E-state index contributed by atoms with van der Waals surface area (Å²) in [6.07, 6.45) is 1.20. The fourth-order valence-electron chi connectivity index (χ4n) is 3.48. The Labute approximate surface area is 187 Å². The Morgan fingerprint density at radius 3 is 2.47 bits per heavy atom. The normalized spacial score (nSPS) is 14.8. The molecule has 4 N–H and O–H groups in total. The second-order valence-electron chi connectivity index (χ2n) is 6.93. The number of rotatable bonds is 3. The minimum Gasteiger partial charge on any atom is -0.504 e. The van der Waals surface area contributed by atoms with Crippen LogP contribution in [0.25, 0.3) is 5.69 Å². The highest BCUT2D eigenvalue weighted by Gasteiger charge is 2.30. The smallest absolute Gasteiger partial charge is 0.349 e. The second-order valence-corrected chi connectivity index (χ2v) is 7.68.